The van der Waals surface area contributed by atoms with Crippen molar-refractivity contribution in [3.8, 4) is 0 Å². The lowest BCUT2D eigenvalue weighted by Crippen LogP contribution is -3.13. The van der Waals surface area contributed by atoms with Crippen LogP contribution in [0.3, 0.4) is 0 Å². The Labute approximate surface area is 119 Å². The van der Waals surface area contributed by atoms with Crippen molar-refractivity contribution in [1.29, 1.82) is 0 Å². The molecule has 3 nitrogen and oxygen atoms in total. The zero-order chi connectivity index (χ0) is 13.2. The van der Waals surface area contributed by atoms with E-state index in [1.807, 2.05) is 12.1 Å². The van der Waals surface area contributed by atoms with Crippen LogP contribution in [0.15, 0.2) is 18.2 Å². The van der Waals surface area contributed by atoms with Crippen LogP contribution in [-0.2, 0) is 6.54 Å². The van der Waals surface area contributed by atoms with Crippen molar-refractivity contribution in [2.24, 2.45) is 0 Å². The number of nitrogens with zero attached hydrogens (tertiary/aromatic N) is 2. The number of piperidine rings is 1. The van der Waals surface area contributed by atoms with E-state index >= 15 is 0 Å². The smallest absolute Gasteiger partial charge is 0.106 e. The van der Waals surface area contributed by atoms with Gasteiger partial charge in [0.2, 0.25) is 0 Å². The molecule has 0 bridgehead atoms. The number of aromatic nitrogens is 2. The molecule has 1 aromatic heterocycles. The van der Waals surface area contributed by atoms with Crippen LogP contribution in [0.5, 0.6) is 0 Å². The quantitative estimate of drug-likeness (QED) is 0.912. The molecule has 1 aliphatic rings. The van der Waals surface area contributed by atoms with Crippen molar-refractivity contribution in [2.45, 2.75) is 32.7 Å². The second-order valence-electron chi connectivity index (χ2n) is 5.50. The fourth-order valence-corrected chi connectivity index (χ4v) is 3.24. The van der Waals surface area contributed by atoms with E-state index in [0.717, 1.165) is 22.9 Å². The topological polar surface area (TPSA) is 22.3 Å². The maximum atomic E-state index is 6.03. The first kappa shape index (κ1) is 12.9. The maximum Gasteiger partial charge on any atom is 0.106 e. The summed E-state index contributed by atoms with van der Waals surface area (Å²) in [4.78, 5) is 6.34. The first-order chi connectivity index (χ1) is 9.24. The number of likely N-dealkylation sites (tertiary alicyclic amines) is 1. The van der Waals surface area contributed by atoms with E-state index in [2.05, 4.69) is 22.5 Å². The summed E-state index contributed by atoms with van der Waals surface area (Å²) in [5, 5.41) is 0.763. The Bertz CT molecular complexity index is 570. The van der Waals surface area contributed by atoms with Gasteiger partial charge < -0.3 is 9.47 Å². The van der Waals surface area contributed by atoms with Crippen LogP contribution in [0.1, 0.15) is 25.1 Å². The number of quaternary nitrogens is 1. The normalized spacial score (nSPS) is 17.2. The lowest BCUT2D eigenvalue weighted by atomic mass is 10.1. The van der Waals surface area contributed by atoms with Crippen LogP contribution in [0.2, 0.25) is 5.02 Å². The highest BCUT2D eigenvalue weighted by Crippen LogP contribution is 2.19. The summed E-state index contributed by atoms with van der Waals surface area (Å²) in [6, 6.07) is 5.99. The summed E-state index contributed by atoms with van der Waals surface area (Å²) in [6.45, 7) is 7.00. The predicted molar refractivity (Wildman–Crippen MR) is 78.9 cm³/mol. The highest BCUT2D eigenvalue weighted by atomic mass is 35.5. The maximum absolute atomic E-state index is 6.03. The molecule has 3 rings (SSSR count). The molecule has 1 fully saturated rings. The SMILES string of the molecule is Cc1nc2cc(Cl)ccc2n1CC[NH+]1CCCCC1. The van der Waals surface area contributed by atoms with Crippen LogP contribution < -0.4 is 4.90 Å². The second kappa shape index (κ2) is 5.51. The highest BCUT2D eigenvalue weighted by molar-refractivity contribution is 6.31. The number of nitrogens with one attached hydrogen (secondary N) is 1. The van der Waals surface area contributed by atoms with E-state index in [-0.39, 0.29) is 0 Å². The first-order valence-electron chi connectivity index (χ1n) is 7.20. The molecular weight excluding hydrogens is 258 g/mol. The fourth-order valence-electron chi connectivity index (χ4n) is 3.08. The van der Waals surface area contributed by atoms with Gasteiger partial charge in [0.1, 0.15) is 5.82 Å². The van der Waals surface area contributed by atoms with Gasteiger partial charge in [0.25, 0.3) is 0 Å². The predicted octanol–water partition coefficient (Wildman–Crippen LogP) is 2.07. The van der Waals surface area contributed by atoms with Crippen molar-refractivity contribution < 1.29 is 4.90 Å². The average molecular weight is 279 g/mol. The minimum atomic E-state index is 0.763. The standard InChI is InChI=1S/C15H20ClN3/c1-12-17-14-11-13(16)5-6-15(14)19(12)10-9-18-7-3-2-4-8-18/h5-6,11H,2-4,7-10H2,1H3/p+1. The number of benzene rings is 1. The molecule has 4 heteroatoms. The van der Waals surface area contributed by atoms with Gasteiger partial charge in [-0.05, 0) is 44.4 Å². The molecule has 0 saturated carbocycles. The molecule has 102 valence electrons. The molecule has 0 atom stereocenters. The highest BCUT2D eigenvalue weighted by Gasteiger charge is 2.15. The summed E-state index contributed by atoms with van der Waals surface area (Å²) in [5.41, 5.74) is 2.22. The van der Waals surface area contributed by atoms with Crippen LogP contribution >= 0.6 is 11.6 Å². The van der Waals surface area contributed by atoms with E-state index in [9.17, 15) is 0 Å². The molecule has 1 saturated heterocycles. The summed E-state index contributed by atoms with van der Waals surface area (Å²) in [7, 11) is 0. The monoisotopic (exact) mass is 278 g/mol. The molecule has 1 aromatic carbocycles. The minimum Gasteiger partial charge on any atom is -0.333 e. The Morgan fingerprint density at radius 3 is 2.84 bits per heavy atom. The van der Waals surface area contributed by atoms with E-state index in [1.54, 1.807) is 4.90 Å². The molecule has 0 spiro atoms. The number of imidazole rings is 1. The van der Waals surface area contributed by atoms with Crippen LogP contribution in [0, 0.1) is 6.92 Å². The van der Waals surface area contributed by atoms with Gasteiger partial charge in [-0.1, -0.05) is 11.6 Å². The average Bonchev–Trinajstić information content (AvgIpc) is 2.72. The minimum absolute atomic E-state index is 0.763. The fraction of sp³-hybridized carbons (Fsp3) is 0.533. The van der Waals surface area contributed by atoms with Crippen molar-refractivity contribution >= 4 is 22.6 Å². The molecule has 2 aromatic rings. The third kappa shape index (κ3) is 2.77. The van der Waals surface area contributed by atoms with Crippen LogP contribution in [0.25, 0.3) is 11.0 Å². The molecule has 0 unspecified atom stereocenters. The molecule has 0 amide bonds. The zero-order valence-corrected chi connectivity index (χ0v) is 12.2. The lowest BCUT2D eigenvalue weighted by Gasteiger charge is -2.23. The van der Waals surface area contributed by atoms with Gasteiger partial charge in [0.15, 0.2) is 0 Å². The van der Waals surface area contributed by atoms with Crippen molar-refractivity contribution in [1.82, 2.24) is 9.55 Å². The molecule has 0 aliphatic carbocycles. The van der Waals surface area contributed by atoms with Gasteiger partial charge in [-0.2, -0.15) is 0 Å². The van der Waals surface area contributed by atoms with Gasteiger partial charge in [0.05, 0.1) is 37.2 Å². The molecule has 0 radical (unpaired) electrons. The van der Waals surface area contributed by atoms with Gasteiger partial charge in [-0.15, -0.1) is 0 Å². The van der Waals surface area contributed by atoms with Crippen molar-refractivity contribution in [2.75, 3.05) is 19.6 Å². The molecule has 1 aliphatic heterocycles. The van der Waals surface area contributed by atoms with Gasteiger partial charge in [0, 0.05) is 5.02 Å². The number of hydrogen-bond donors (Lipinski definition) is 1. The third-order valence-corrected chi connectivity index (χ3v) is 4.39. The van der Waals surface area contributed by atoms with E-state index in [4.69, 9.17) is 11.6 Å². The summed E-state index contributed by atoms with van der Waals surface area (Å²) in [6.07, 6.45) is 4.18. The summed E-state index contributed by atoms with van der Waals surface area (Å²) in [5.74, 6) is 1.09. The number of aryl methyl sites for hydroxylation is 1. The number of rotatable bonds is 3. The third-order valence-electron chi connectivity index (χ3n) is 4.15. The largest absolute Gasteiger partial charge is 0.333 e. The summed E-state index contributed by atoms with van der Waals surface area (Å²) < 4.78 is 2.33. The summed E-state index contributed by atoms with van der Waals surface area (Å²) >= 11 is 6.03. The Kier molecular flexibility index (Phi) is 3.76. The first-order valence-corrected chi connectivity index (χ1v) is 7.58. The molecular formula is C15H21ClN3+. The van der Waals surface area contributed by atoms with Crippen LogP contribution in [-0.4, -0.2) is 29.2 Å². The Morgan fingerprint density at radius 1 is 1.26 bits per heavy atom. The van der Waals surface area contributed by atoms with Crippen LogP contribution in [0.4, 0.5) is 0 Å². The van der Waals surface area contributed by atoms with Gasteiger partial charge >= 0.3 is 0 Å². The molecule has 19 heavy (non-hydrogen) atoms. The van der Waals surface area contributed by atoms with E-state index < -0.39 is 0 Å². The number of halogens is 1. The molecule has 2 heterocycles. The number of hydrogen-bond acceptors (Lipinski definition) is 1. The Balaban J connectivity index is 1.78. The van der Waals surface area contributed by atoms with Gasteiger partial charge in [-0.25, -0.2) is 4.98 Å². The lowest BCUT2D eigenvalue weighted by molar-refractivity contribution is -0.905. The Hall–Kier alpha value is -1.06. The van der Waals surface area contributed by atoms with Crippen molar-refractivity contribution in [3.63, 3.8) is 0 Å². The Morgan fingerprint density at radius 2 is 2.05 bits per heavy atom. The zero-order valence-electron chi connectivity index (χ0n) is 11.5. The number of fused-ring (bicyclic) bond motifs is 1. The molecule has 1 N–H and O–H groups in total. The van der Waals surface area contributed by atoms with Crippen molar-refractivity contribution in [3.05, 3.63) is 29.0 Å². The van der Waals surface area contributed by atoms with E-state index in [1.165, 1.54) is 44.4 Å². The van der Waals surface area contributed by atoms with E-state index in [0.29, 0.717) is 0 Å². The van der Waals surface area contributed by atoms with Gasteiger partial charge in [-0.3, -0.25) is 0 Å². The second-order valence-corrected chi connectivity index (χ2v) is 5.94.